The van der Waals surface area contributed by atoms with Crippen LogP contribution in [0.2, 0.25) is 0 Å². The fraction of sp³-hybridized carbons (Fsp3) is 0.0417. The minimum atomic E-state index is 0.386. The molecule has 28 heavy (non-hydrogen) atoms. The molecule has 0 bridgehead atoms. The zero-order valence-corrected chi connectivity index (χ0v) is 15.2. The number of nitrogens with zero attached hydrogens (tertiary/aromatic N) is 2. The van der Waals surface area contributed by atoms with E-state index in [1.165, 1.54) is 32.8 Å². The van der Waals surface area contributed by atoms with Crippen LogP contribution in [0.15, 0.2) is 71.7 Å². The Morgan fingerprint density at radius 2 is 1.64 bits per heavy atom. The molecule has 0 spiro atoms. The summed E-state index contributed by atoms with van der Waals surface area (Å²) in [7, 11) is 0. The highest BCUT2D eigenvalue weighted by Gasteiger charge is 2.21. The lowest BCUT2D eigenvalue weighted by Crippen LogP contribution is -2.44. The molecular weight excluding hydrogens is 344 g/mol. The summed E-state index contributed by atoms with van der Waals surface area (Å²) in [4.78, 5) is 4.70. The molecule has 4 aromatic rings. The summed E-state index contributed by atoms with van der Waals surface area (Å²) in [6.45, 7) is 0.765. The lowest BCUT2D eigenvalue weighted by atomic mass is 10.0. The van der Waals surface area contributed by atoms with Gasteiger partial charge >= 0.3 is 0 Å². The van der Waals surface area contributed by atoms with Crippen LogP contribution in [0.4, 0.5) is 11.4 Å². The summed E-state index contributed by atoms with van der Waals surface area (Å²) in [5, 5.41) is 6.96. The second-order valence-corrected chi connectivity index (χ2v) is 7.26. The molecule has 0 saturated carbocycles. The van der Waals surface area contributed by atoms with Crippen molar-refractivity contribution in [3.05, 3.63) is 83.4 Å². The van der Waals surface area contributed by atoms with E-state index in [1.807, 2.05) is 6.07 Å². The molecule has 1 aliphatic carbocycles. The van der Waals surface area contributed by atoms with Crippen LogP contribution in [0.3, 0.4) is 0 Å². The number of nitrogens with two attached hydrogens (primary N) is 1. The van der Waals surface area contributed by atoms with Crippen LogP contribution in [0.5, 0.6) is 0 Å². The van der Waals surface area contributed by atoms with E-state index in [0.717, 1.165) is 23.3 Å². The van der Waals surface area contributed by atoms with E-state index < -0.39 is 0 Å². The zero-order chi connectivity index (χ0) is 18.7. The normalized spacial score (nSPS) is 14.4. The minimum absolute atomic E-state index is 0.386. The third kappa shape index (κ3) is 2.15. The Kier molecular flexibility index (Phi) is 3.06. The first-order chi connectivity index (χ1) is 13.8. The number of guanidine groups is 1. The molecular formula is C24H18N4. The maximum Gasteiger partial charge on any atom is 0.213 e. The monoisotopic (exact) mass is 362 g/mol. The summed E-state index contributed by atoms with van der Waals surface area (Å²) in [6.07, 6.45) is 4.30. The molecule has 0 amide bonds. The number of hydrogen-bond donors (Lipinski definition) is 2. The van der Waals surface area contributed by atoms with Gasteiger partial charge in [-0.1, -0.05) is 66.7 Å². The van der Waals surface area contributed by atoms with Gasteiger partial charge in [-0.3, -0.25) is 10.4 Å². The molecule has 0 fully saturated rings. The second-order valence-electron chi connectivity index (χ2n) is 7.26. The van der Waals surface area contributed by atoms with Crippen molar-refractivity contribution in [1.82, 2.24) is 5.43 Å². The van der Waals surface area contributed by atoms with E-state index in [9.17, 15) is 0 Å². The summed E-state index contributed by atoms with van der Waals surface area (Å²) < 4.78 is 0. The maximum absolute atomic E-state index is 6.31. The van der Waals surface area contributed by atoms with Gasteiger partial charge in [0, 0.05) is 10.8 Å². The molecule has 0 unspecified atom stereocenters. The van der Waals surface area contributed by atoms with E-state index >= 15 is 0 Å². The maximum atomic E-state index is 6.31. The molecule has 0 saturated heterocycles. The molecule has 4 nitrogen and oxygen atoms in total. The molecule has 6 rings (SSSR count). The van der Waals surface area contributed by atoms with Crippen molar-refractivity contribution in [2.45, 2.75) is 6.54 Å². The Morgan fingerprint density at radius 1 is 0.857 bits per heavy atom. The van der Waals surface area contributed by atoms with Crippen molar-refractivity contribution < 1.29 is 0 Å². The van der Waals surface area contributed by atoms with E-state index in [2.05, 4.69) is 83.3 Å². The van der Waals surface area contributed by atoms with E-state index in [0.29, 0.717) is 5.96 Å². The van der Waals surface area contributed by atoms with Crippen LogP contribution < -0.4 is 16.2 Å². The van der Waals surface area contributed by atoms with Gasteiger partial charge in [0.05, 0.1) is 17.9 Å². The first-order valence-corrected chi connectivity index (χ1v) is 9.41. The Hall–Kier alpha value is -3.79. The van der Waals surface area contributed by atoms with Crippen molar-refractivity contribution >= 4 is 51.0 Å². The SMILES string of the molecule is NC(=Nc1ccc2c3c(cccc13)C=C2)NN1Cc2cccc3cccc1c23. The van der Waals surface area contributed by atoms with Gasteiger partial charge in [0.2, 0.25) is 5.96 Å². The third-order valence-corrected chi connectivity index (χ3v) is 5.60. The zero-order valence-electron chi connectivity index (χ0n) is 15.2. The van der Waals surface area contributed by atoms with Crippen LogP contribution in [0.1, 0.15) is 16.7 Å². The largest absolute Gasteiger partial charge is 0.368 e. The molecule has 4 heteroatoms. The van der Waals surface area contributed by atoms with Gasteiger partial charge in [-0.2, -0.15) is 0 Å². The smallest absolute Gasteiger partial charge is 0.213 e. The van der Waals surface area contributed by atoms with Gasteiger partial charge in [0.1, 0.15) is 0 Å². The van der Waals surface area contributed by atoms with Crippen molar-refractivity contribution in [3.63, 3.8) is 0 Å². The molecule has 0 atom stereocenters. The molecule has 1 aliphatic heterocycles. The third-order valence-electron chi connectivity index (χ3n) is 5.60. The summed E-state index contributed by atoms with van der Waals surface area (Å²) >= 11 is 0. The fourth-order valence-corrected chi connectivity index (χ4v) is 4.40. The summed E-state index contributed by atoms with van der Waals surface area (Å²) in [5.41, 5.74) is 15.4. The Bertz CT molecular complexity index is 1320. The van der Waals surface area contributed by atoms with E-state index in [1.54, 1.807) is 0 Å². The van der Waals surface area contributed by atoms with Gasteiger partial charge in [0.25, 0.3) is 0 Å². The van der Waals surface area contributed by atoms with Gasteiger partial charge in [-0.15, -0.1) is 0 Å². The summed E-state index contributed by atoms with van der Waals surface area (Å²) in [5.74, 6) is 0.386. The quantitative estimate of drug-likeness (QED) is 0.345. The Labute approximate surface area is 162 Å². The summed E-state index contributed by atoms with van der Waals surface area (Å²) in [6, 6.07) is 23.2. The van der Waals surface area contributed by atoms with Crippen LogP contribution in [-0.4, -0.2) is 5.96 Å². The van der Waals surface area contributed by atoms with Gasteiger partial charge in [0.15, 0.2) is 0 Å². The number of anilines is 1. The highest BCUT2D eigenvalue weighted by Crippen LogP contribution is 2.37. The van der Waals surface area contributed by atoms with Crippen LogP contribution in [-0.2, 0) is 6.54 Å². The lowest BCUT2D eigenvalue weighted by Gasteiger charge is -2.21. The number of hydrazine groups is 1. The highest BCUT2D eigenvalue weighted by atomic mass is 15.5. The van der Waals surface area contributed by atoms with Crippen LogP contribution >= 0.6 is 0 Å². The van der Waals surface area contributed by atoms with Gasteiger partial charge < -0.3 is 5.73 Å². The van der Waals surface area contributed by atoms with Crippen molar-refractivity contribution in [1.29, 1.82) is 0 Å². The standard InChI is InChI=1S/C24H18N4/c25-24(26-20-13-12-17-11-10-16-5-2-8-19(20)22(16)17)27-28-14-18-7-1-4-15-6-3-9-21(28)23(15)18/h1-13H,14H2,(H3,25,26,27). The highest BCUT2D eigenvalue weighted by molar-refractivity contribution is 6.09. The first kappa shape index (κ1) is 15.3. The average molecular weight is 362 g/mol. The lowest BCUT2D eigenvalue weighted by molar-refractivity contribution is 0.783. The van der Waals surface area contributed by atoms with Crippen LogP contribution in [0.25, 0.3) is 33.7 Å². The molecule has 0 radical (unpaired) electrons. The Balaban J connectivity index is 1.37. The number of aliphatic imine (C=N–C) groups is 1. The second kappa shape index (κ2) is 5.60. The van der Waals surface area contributed by atoms with E-state index in [4.69, 9.17) is 10.7 Å². The topological polar surface area (TPSA) is 53.6 Å². The molecule has 3 N–H and O–H groups in total. The molecule has 134 valence electrons. The van der Waals surface area contributed by atoms with Crippen molar-refractivity contribution in [3.8, 4) is 0 Å². The van der Waals surface area contributed by atoms with Crippen molar-refractivity contribution in [2.75, 3.05) is 5.01 Å². The van der Waals surface area contributed by atoms with Crippen molar-refractivity contribution in [2.24, 2.45) is 10.7 Å². The number of hydrogen-bond acceptors (Lipinski definition) is 2. The predicted octanol–water partition coefficient (Wildman–Crippen LogP) is 4.95. The minimum Gasteiger partial charge on any atom is -0.368 e. The number of rotatable bonds is 2. The first-order valence-electron chi connectivity index (χ1n) is 9.41. The Morgan fingerprint density at radius 3 is 2.54 bits per heavy atom. The van der Waals surface area contributed by atoms with Crippen LogP contribution in [0, 0.1) is 0 Å². The predicted molar refractivity (Wildman–Crippen MR) is 117 cm³/mol. The average Bonchev–Trinajstić information content (AvgIpc) is 3.29. The molecule has 4 aromatic carbocycles. The van der Waals surface area contributed by atoms with Gasteiger partial charge in [-0.05, 0) is 39.6 Å². The fourth-order valence-electron chi connectivity index (χ4n) is 4.40. The van der Waals surface area contributed by atoms with Gasteiger partial charge in [-0.25, -0.2) is 4.99 Å². The number of nitrogens with one attached hydrogen (secondary N) is 1. The number of benzene rings is 4. The molecule has 2 aliphatic rings. The molecule has 1 heterocycles. The molecule has 0 aromatic heterocycles. The van der Waals surface area contributed by atoms with E-state index in [-0.39, 0.29) is 0 Å².